The molecule has 0 heterocycles. The summed E-state index contributed by atoms with van der Waals surface area (Å²) in [5.41, 5.74) is 3.82. The first kappa shape index (κ1) is 21.3. The zero-order chi connectivity index (χ0) is 20.2. The SMILES string of the molecule is CCCCCOc1ccc(/C=N/NC(=O)c2ccc(OCC)cc2)cc1OC. The van der Waals surface area contributed by atoms with Crippen molar-refractivity contribution in [3.05, 3.63) is 53.6 Å². The topological polar surface area (TPSA) is 69.2 Å². The van der Waals surface area contributed by atoms with Crippen molar-refractivity contribution < 1.29 is 19.0 Å². The Morgan fingerprint density at radius 3 is 2.50 bits per heavy atom. The Kier molecular flexibility index (Phi) is 8.85. The summed E-state index contributed by atoms with van der Waals surface area (Å²) < 4.78 is 16.5. The Morgan fingerprint density at radius 1 is 1.04 bits per heavy atom. The quantitative estimate of drug-likeness (QED) is 0.354. The molecule has 0 atom stereocenters. The number of methoxy groups -OCH3 is 1. The molecule has 2 aromatic carbocycles. The summed E-state index contributed by atoms with van der Waals surface area (Å²) in [4.78, 5) is 12.1. The summed E-state index contributed by atoms with van der Waals surface area (Å²) in [5, 5.41) is 4.02. The zero-order valence-corrected chi connectivity index (χ0v) is 16.7. The largest absolute Gasteiger partial charge is 0.494 e. The molecule has 0 aromatic heterocycles. The number of hydrogen-bond donors (Lipinski definition) is 1. The maximum atomic E-state index is 12.1. The van der Waals surface area contributed by atoms with Crippen LogP contribution < -0.4 is 19.6 Å². The number of rotatable bonds is 11. The van der Waals surface area contributed by atoms with Crippen LogP contribution in [0, 0.1) is 0 Å². The van der Waals surface area contributed by atoms with E-state index in [0.29, 0.717) is 30.3 Å². The summed E-state index contributed by atoms with van der Waals surface area (Å²) in [6, 6.07) is 12.4. The van der Waals surface area contributed by atoms with E-state index in [1.54, 1.807) is 37.6 Å². The van der Waals surface area contributed by atoms with Gasteiger partial charge in [0.1, 0.15) is 5.75 Å². The lowest BCUT2D eigenvalue weighted by Gasteiger charge is -2.11. The first-order valence-electron chi connectivity index (χ1n) is 9.55. The van der Waals surface area contributed by atoms with Gasteiger partial charge >= 0.3 is 0 Å². The van der Waals surface area contributed by atoms with Crippen LogP contribution in [0.15, 0.2) is 47.6 Å². The van der Waals surface area contributed by atoms with Gasteiger partial charge in [-0.15, -0.1) is 0 Å². The van der Waals surface area contributed by atoms with Crippen LogP contribution in [0.4, 0.5) is 0 Å². The molecule has 6 nitrogen and oxygen atoms in total. The summed E-state index contributed by atoms with van der Waals surface area (Å²) in [5.74, 6) is 1.78. The van der Waals surface area contributed by atoms with E-state index in [1.807, 2.05) is 25.1 Å². The second-order valence-electron chi connectivity index (χ2n) is 6.12. The molecular formula is C22H28N2O4. The number of nitrogens with one attached hydrogen (secondary N) is 1. The molecule has 150 valence electrons. The fraction of sp³-hybridized carbons (Fsp3) is 0.364. The van der Waals surface area contributed by atoms with Gasteiger partial charge in [0.15, 0.2) is 11.5 Å². The predicted molar refractivity (Wildman–Crippen MR) is 111 cm³/mol. The van der Waals surface area contributed by atoms with Crippen molar-refractivity contribution in [3.8, 4) is 17.2 Å². The molecule has 0 spiro atoms. The highest BCUT2D eigenvalue weighted by Gasteiger charge is 2.06. The molecular weight excluding hydrogens is 356 g/mol. The van der Waals surface area contributed by atoms with Crippen molar-refractivity contribution >= 4 is 12.1 Å². The summed E-state index contributed by atoms with van der Waals surface area (Å²) in [6.45, 7) is 5.32. The maximum absolute atomic E-state index is 12.1. The monoisotopic (exact) mass is 384 g/mol. The van der Waals surface area contributed by atoms with Gasteiger partial charge < -0.3 is 14.2 Å². The molecule has 0 aliphatic carbocycles. The van der Waals surface area contributed by atoms with Crippen molar-refractivity contribution in [3.63, 3.8) is 0 Å². The Bertz CT molecular complexity index is 773. The lowest BCUT2D eigenvalue weighted by molar-refractivity contribution is 0.0955. The normalized spacial score (nSPS) is 10.7. The van der Waals surface area contributed by atoms with Gasteiger partial charge in [0.05, 0.1) is 26.5 Å². The van der Waals surface area contributed by atoms with Crippen LogP contribution in [0.25, 0.3) is 0 Å². The smallest absolute Gasteiger partial charge is 0.271 e. The number of unbranched alkanes of at least 4 members (excludes halogenated alkanes) is 2. The fourth-order valence-electron chi connectivity index (χ4n) is 2.52. The third kappa shape index (κ3) is 6.61. The average Bonchev–Trinajstić information content (AvgIpc) is 2.72. The van der Waals surface area contributed by atoms with Gasteiger partial charge in [-0.25, -0.2) is 5.43 Å². The number of benzene rings is 2. The van der Waals surface area contributed by atoms with Crippen LogP contribution in [0.5, 0.6) is 17.2 Å². The maximum Gasteiger partial charge on any atom is 0.271 e. The van der Waals surface area contributed by atoms with Crippen LogP contribution in [0.2, 0.25) is 0 Å². The number of carbonyl (C=O) groups excluding carboxylic acids is 1. The van der Waals surface area contributed by atoms with E-state index in [4.69, 9.17) is 14.2 Å². The Hall–Kier alpha value is -3.02. The van der Waals surface area contributed by atoms with Crippen molar-refractivity contribution in [2.75, 3.05) is 20.3 Å². The molecule has 2 rings (SSSR count). The highest BCUT2D eigenvalue weighted by atomic mass is 16.5. The standard InChI is InChI=1S/C22H28N2O4/c1-4-6-7-14-28-20-13-8-17(15-21(20)26-3)16-23-24-22(25)18-9-11-19(12-10-18)27-5-2/h8-13,15-16H,4-7,14H2,1-3H3,(H,24,25)/b23-16+. The van der Waals surface area contributed by atoms with E-state index < -0.39 is 0 Å². The first-order valence-corrected chi connectivity index (χ1v) is 9.55. The van der Waals surface area contributed by atoms with Crippen LogP contribution in [0.3, 0.4) is 0 Å². The van der Waals surface area contributed by atoms with Crippen molar-refractivity contribution in [1.29, 1.82) is 0 Å². The van der Waals surface area contributed by atoms with Gasteiger partial charge in [-0.05, 0) is 61.4 Å². The molecule has 2 aromatic rings. The van der Waals surface area contributed by atoms with Gasteiger partial charge in [-0.3, -0.25) is 4.79 Å². The molecule has 0 radical (unpaired) electrons. The second kappa shape index (κ2) is 11.6. The minimum absolute atomic E-state index is 0.290. The minimum atomic E-state index is -0.290. The third-order valence-corrected chi connectivity index (χ3v) is 4.00. The van der Waals surface area contributed by atoms with Gasteiger partial charge in [0.25, 0.3) is 5.91 Å². The van der Waals surface area contributed by atoms with Crippen molar-refractivity contribution in [1.82, 2.24) is 5.43 Å². The van der Waals surface area contributed by atoms with Gasteiger partial charge in [0.2, 0.25) is 0 Å². The third-order valence-electron chi connectivity index (χ3n) is 4.00. The molecule has 0 aliphatic heterocycles. The van der Waals surface area contributed by atoms with Crippen molar-refractivity contribution in [2.45, 2.75) is 33.1 Å². The lowest BCUT2D eigenvalue weighted by Crippen LogP contribution is -2.17. The van der Waals surface area contributed by atoms with Gasteiger partial charge in [-0.1, -0.05) is 19.8 Å². The molecule has 0 fully saturated rings. The Balaban J connectivity index is 1.92. The van der Waals surface area contributed by atoms with Crippen LogP contribution in [0.1, 0.15) is 49.0 Å². The number of amides is 1. The molecule has 1 N–H and O–H groups in total. The summed E-state index contributed by atoms with van der Waals surface area (Å²) in [6.07, 6.45) is 4.87. The molecule has 6 heteroatoms. The van der Waals surface area contributed by atoms with E-state index >= 15 is 0 Å². The fourth-order valence-corrected chi connectivity index (χ4v) is 2.52. The van der Waals surface area contributed by atoms with Gasteiger partial charge in [0, 0.05) is 5.56 Å². The number of hydrogen-bond acceptors (Lipinski definition) is 5. The average molecular weight is 384 g/mol. The van der Waals surface area contributed by atoms with E-state index in [-0.39, 0.29) is 5.91 Å². The van der Waals surface area contributed by atoms with E-state index in [2.05, 4.69) is 17.5 Å². The van der Waals surface area contributed by atoms with Gasteiger partial charge in [-0.2, -0.15) is 5.10 Å². The number of hydrazone groups is 1. The van der Waals surface area contributed by atoms with Crippen LogP contribution in [-0.2, 0) is 0 Å². The molecule has 1 amide bonds. The van der Waals surface area contributed by atoms with E-state index in [0.717, 1.165) is 30.6 Å². The highest BCUT2D eigenvalue weighted by molar-refractivity contribution is 5.95. The highest BCUT2D eigenvalue weighted by Crippen LogP contribution is 2.27. The molecule has 0 unspecified atom stereocenters. The molecule has 0 saturated heterocycles. The molecule has 0 aliphatic rings. The molecule has 28 heavy (non-hydrogen) atoms. The number of nitrogens with zero attached hydrogens (tertiary/aromatic N) is 1. The number of carbonyl (C=O) groups is 1. The predicted octanol–water partition coefficient (Wildman–Crippen LogP) is 4.43. The molecule has 0 saturated carbocycles. The summed E-state index contributed by atoms with van der Waals surface area (Å²) in [7, 11) is 1.60. The van der Waals surface area contributed by atoms with Crippen LogP contribution in [-0.4, -0.2) is 32.4 Å². The second-order valence-corrected chi connectivity index (χ2v) is 6.12. The lowest BCUT2D eigenvalue weighted by atomic mass is 10.2. The first-order chi connectivity index (χ1) is 13.7. The Morgan fingerprint density at radius 2 is 1.82 bits per heavy atom. The minimum Gasteiger partial charge on any atom is -0.494 e. The number of ether oxygens (including phenoxy) is 3. The van der Waals surface area contributed by atoms with Crippen LogP contribution >= 0.6 is 0 Å². The Labute approximate surface area is 166 Å². The van der Waals surface area contributed by atoms with E-state index in [9.17, 15) is 4.79 Å². The van der Waals surface area contributed by atoms with E-state index in [1.165, 1.54) is 0 Å². The zero-order valence-electron chi connectivity index (χ0n) is 16.7. The summed E-state index contributed by atoms with van der Waals surface area (Å²) >= 11 is 0. The molecule has 0 bridgehead atoms. The van der Waals surface area contributed by atoms with Crippen molar-refractivity contribution in [2.24, 2.45) is 5.10 Å².